The van der Waals surface area contributed by atoms with Crippen LogP contribution < -0.4 is 0 Å². The lowest BCUT2D eigenvalue weighted by Gasteiger charge is -2.39. The van der Waals surface area contributed by atoms with Crippen molar-refractivity contribution in [3.8, 4) is 0 Å². The van der Waals surface area contributed by atoms with Crippen LogP contribution in [0.25, 0.3) is 11.0 Å². The number of nitrogens with one attached hydrogen (secondary N) is 1. The zero-order chi connectivity index (χ0) is 22.3. The summed E-state index contributed by atoms with van der Waals surface area (Å²) in [6.07, 6.45) is 6.02. The average Bonchev–Trinajstić information content (AvgIpc) is 3.36. The van der Waals surface area contributed by atoms with Crippen LogP contribution in [0.1, 0.15) is 30.0 Å². The van der Waals surface area contributed by atoms with Crippen molar-refractivity contribution < 1.29 is 0 Å². The molecule has 1 saturated heterocycles. The third-order valence-corrected chi connectivity index (χ3v) is 7.52. The highest BCUT2D eigenvalue weighted by molar-refractivity contribution is 7.99. The topological polar surface area (TPSA) is 48.1 Å². The molecular formula is C27H31N5S. The Morgan fingerprint density at radius 3 is 2.21 bits per heavy atom. The van der Waals surface area contributed by atoms with Crippen LogP contribution in [0.4, 0.5) is 0 Å². The minimum Gasteiger partial charge on any atom is -0.346 e. The van der Waals surface area contributed by atoms with Crippen LogP contribution in [0.15, 0.2) is 84.3 Å². The van der Waals surface area contributed by atoms with Gasteiger partial charge in [-0.2, -0.15) is 0 Å². The number of fused-ring (bicyclic) bond motifs is 1. The van der Waals surface area contributed by atoms with Gasteiger partial charge in [-0.3, -0.25) is 4.90 Å². The second kappa shape index (κ2) is 11.0. The Labute approximate surface area is 200 Å². The van der Waals surface area contributed by atoms with Gasteiger partial charge in [-0.1, -0.05) is 60.7 Å². The van der Waals surface area contributed by atoms with Crippen molar-refractivity contribution in [1.82, 2.24) is 24.8 Å². The molecule has 6 heteroatoms. The van der Waals surface area contributed by atoms with E-state index in [4.69, 9.17) is 0 Å². The lowest BCUT2D eigenvalue weighted by molar-refractivity contribution is 0.108. The third kappa shape index (κ3) is 5.46. The molecule has 1 fully saturated rings. The highest BCUT2D eigenvalue weighted by Crippen LogP contribution is 2.29. The number of hydrogen-bond donors (Lipinski definition) is 1. The van der Waals surface area contributed by atoms with Gasteiger partial charge in [0.15, 0.2) is 0 Å². The molecule has 5 nitrogen and oxygen atoms in total. The quantitative estimate of drug-likeness (QED) is 0.212. The summed E-state index contributed by atoms with van der Waals surface area (Å²) in [5, 5.41) is 2.22. The fraction of sp³-hybridized carbons (Fsp3) is 0.333. The van der Waals surface area contributed by atoms with Gasteiger partial charge < -0.3 is 9.88 Å². The normalized spacial score (nSPS) is 15.4. The molecular weight excluding hydrogens is 426 g/mol. The smallest absolute Gasteiger partial charge is 0.141 e. The van der Waals surface area contributed by atoms with Gasteiger partial charge in [-0.05, 0) is 42.3 Å². The van der Waals surface area contributed by atoms with E-state index >= 15 is 0 Å². The molecule has 1 aliphatic heterocycles. The van der Waals surface area contributed by atoms with E-state index in [1.807, 2.05) is 18.0 Å². The number of benzene rings is 2. The standard InChI is InChI=1S/C27H31N5S/c1-3-9-22(10-4-1)25(23-11-5-2-6-12-23)32-18-16-31(17-19-32)15-7-8-20-33-27-24-13-14-28-26(24)29-21-30-27/h1-6,9-14,21,25H,7-8,15-20H2,(H,28,29,30). The molecule has 0 spiro atoms. The maximum Gasteiger partial charge on any atom is 0.141 e. The molecule has 1 N–H and O–H groups in total. The van der Waals surface area contributed by atoms with Crippen molar-refractivity contribution in [3.05, 3.63) is 90.4 Å². The summed E-state index contributed by atoms with van der Waals surface area (Å²) in [6, 6.07) is 24.3. The van der Waals surface area contributed by atoms with E-state index in [9.17, 15) is 0 Å². The molecule has 3 heterocycles. The number of nitrogens with zero attached hydrogens (tertiary/aromatic N) is 4. The van der Waals surface area contributed by atoms with Crippen molar-refractivity contribution in [2.24, 2.45) is 0 Å². The predicted octanol–water partition coefficient (Wildman–Crippen LogP) is 5.24. The number of aromatic amines is 1. The second-order valence-corrected chi connectivity index (χ2v) is 9.66. The SMILES string of the molecule is c1ccc(C(c2ccccc2)N2CCN(CCCCSc3ncnc4[nH]ccc34)CC2)cc1. The summed E-state index contributed by atoms with van der Waals surface area (Å²) in [7, 11) is 0. The fourth-order valence-electron chi connectivity index (χ4n) is 4.70. The molecule has 0 saturated carbocycles. The number of thioether (sulfide) groups is 1. The van der Waals surface area contributed by atoms with Gasteiger partial charge in [0.05, 0.1) is 11.4 Å². The predicted molar refractivity (Wildman–Crippen MR) is 137 cm³/mol. The van der Waals surface area contributed by atoms with Crippen molar-refractivity contribution in [1.29, 1.82) is 0 Å². The van der Waals surface area contributed by atoms with Crippen LogP contribution in [-0.2, 0) is 0 Å². The first-order valence-corrected chi connectivity index (χ1v) is 12.8. The third-order valence-electron chi connectivity index (χ3n) is 6.43. The summed E-state index contributed by atoms with van der Waals surface area (Å²) in [5.74, 6) is 1.10. The van der Waals surface area contributed by atoms with Gasteiger partial charge in [0.25, 0.3) is 0 Å². The molecule has 0 atom stereocenters. The summed E-state index contributed by atoms with van der Waals surface area (Å²) < 4.78 is 0. The molecule has 0 unspecified atom stereocenters. The van der Waals surface area contributed by atoms with Crippen molar-refractivity contribution in [3.63, 3.8) is 0 Å². The van der Waals surface area contributed by atoms with Crippen LogP contribution in [-0.4, -0.2) is 63.2 Å². The Morgan fingerprint density at radius 1 is 0.818 bits per heavy atom. The number of piperazine rings is 1. The highest BCUT2D eigenvalue weighted by Gasteiger charge is 2.26. The number of unbranched alkanes of at least 4 members (excludes halogenated alkanes) is 1. The van der Waals surface area contributed by atoms with Crippen LogP contribution in [0, 0.1) is 0 Å². The Hall–Kier alpha value is -2.67. The molecule has 33 heavy (non-hydrogen) atoms. The molecule has 5 rings (SSSR count). The van der Waals surface area contributed by atoms with Gasteiger partial charge in [0.1, 0.15) is 17.0 Å². The lowest BCUT2D eigenvalue weighted by atomic mass is 9.96. The molecule has 0 aliphatic carbocycles. The molecule has 1 aliphatic rings. The largest absolute Gasteiger partial charge is 0.346 e. The number of H-pyrrole nitrogens is 1. The Bertz CT molecular complexity index is 1080. The zero-order valence-corrected chi connectivity index (χ0v) is 19.8. The fourth-order valence-corrected chi connectivity index (χ4v) is 5.68. The number of aromatic nitrogens is 3. The second-order valence-electron chi connectivity index (χ2n) is 8.58. The van der Waals surface area contributed by atoms with E-state index in [0.717, 1.165) is 48.0 Å². The monoisotopic (exact) mass is 457 g/mol. The Balaban J connectivity index is 1.10. The van der Waals surface area contributed by atoms with Crippen molar-refractivity contribution in [2.45, 2.75) is 23.9 Å². The first-order valence-electron chi connectivity index (χ1n) is 11.9. The van der Waals surface area contributed by atoms with E-state index < -0.39 is 0 Å². The zero-order valence-electron chi connectivity index (χ0n) is 18.9. The van der Waals surface area contributed by atoms with Crippen LogP contribution >= 0.6 is 11.8 Å². The Kier molecular flexibility index (Phi) is 7.36. The highest BCUT2D eigenvalue weighted by atomic mass is 32.2. The first-order chi connectivity index (χ1) is 16.4. The summed E-state index contributed by atoms with van der Waals surface area (Å²) in [4.78, 5) is 17.2. The summed E-state index contributed by atoms with van der Waals surface area (Å²) >= 11 is 1.84. The summed E-state index contributed by atoms with van der Waals surface area (Å²) in [6.45, 7) is 5.67. The lowest BCUT2D eigenvalue weighted by Crippen LogP contribution is -2.48. The minimum absolute atomic E-state index is 0.337. The van der Waals surface area contributed by atoms with Gasteiger partial charge >= 0.3 is 0 Å². The maximum atomic E-state index is 4.46. The maximum absolute atomic E-state index is 4.46. The first kappa shape index (κ1) is 22.1. The van der Waals surface area contributed by atoms with E-state index in [0.29, 0.717) is 6.04 Å². The molecule has 2 aromatic heterocycles. The van der Waals surface area contributed by atoms with Gasteiger partial charge in [0, 0.05) is 32.4 Å². The van der Waals surface area contributed by atoms with Gasteiger partial charge in [-0.25, -0.2) is 9.97 Å². The molecule has 0 bridgehead atoms. The van der Waals surface area contributed by atoms with Crippen molar-refractivity contribution in [2.75, 3.05) is 38.5 Å². The van der Waals surface area contributed by atoms with Gasteiger partial charge in [0.2, 0.25) is 0 Å². The van der Waals surface area contributed by atoms with E-state index in [1.165, 1.54) is 30.5 Å². The minimum atomic E-state index is 0.337. The molecule has 4 aromatic rings. The Morgan fingerprint density at radius 2 is 1.52 bits per heavy atom. The number of hydrogen-bond acceptors (Lipinski definition) is 5. The van der Waals surface area contributed by atoms with Crippen molar-refractivity contribution >= 4 is 22.8 Å². The number of rotatable bonds is 9. The molecule has 0 amide bonds. The average molecular weight is 458 g/mol. The van der Waals surface area contributed by atoms with E-state index in [-0.39, 0.29) is 0 Å². The van der Waals surface area contributed by atoms with Crippen LogP contribution in [0.3, 0.4) is 0 Å². The molecule has 2 aromatic carbocycles. The van der Waals surface area contributed by atoms with E-state index in [2.05, 4.69) is 91.5 Å². The van der Waals surface area contributed by atoms with E-state index in [1.54, 1.807) is 6.33 Å². The van der Waals surface area contributed by atoms with Crippen LogP contribution in [0.5, 0.6) is 0 Å². The molecule has 0 radical (unpaired) electrons. The van der Waals surface area contributed by atoms with Gasteiger partial charge in [-0.15, -0.1) is 11.8 Å². The summed E-state index contributed by atoms with van der Waals surface area (Å²) in [5.41, 5.74) is 3.69. The molecule has 170 valence electrons. The van der Waals surface area contributed by atoms with Crippen LogP contribution in [0.2, 0.25) is 0 Å².